The van der Waals surface area contributed by atoms with Crippen LogP contribution in [0.5, 0.6) is 0 Å². The van der Waals surface area contributed by atoms with E-state index in [1.807, 2.05) is 13.8 Å². The van der Waals surface area contributed by atoms with Gasteiger partial charge in [-0.2, -0.15) is 18.3 Å². The Kier molecular flexibility index (Phi) is 6.88. The SMILES string of the molecule is C#CCNC1CCCCC1Nc1cc(-n2nc(C(F)(F)F)c3c2CC(C)(C)CC3=O)ccc1C(N)=O. The Morgan fingerprint density at radius 2 is 1.94 bits per heavy atom. The number of primary amides is 1. The van der Waals surface area contributed by atoms with Crippen LogP contribution >= 0.6 is 0 Å². The lowest BCUT2D eigenvalue weighted by molar-refractivity contribution is -0.141. The van der Waals surface area contributed by atoms with Gasteiger partial charge in [0.2, 0.25) is 0 Å². The van der Waals surface area contributed by atoms with Gasteiger partial charge in [-0.05, 0) is 42.9 Å². The van der Waals surface area contributed by atoms with E-state index in [-0.39, 0.29) is 41.7 Å². The third-order valence-corrected chi connectivity index (χ3v) is 6.90. The lowest BCUT2D eigenvalue weighted by Gasteiger charge is -2.34. The first-order chi connectivity index (χ1) is 16.9. The van der Waals surface area contributed by atoms with Crippen LogP contribution < -0.4 is 16.4 Å². The average Bonchev–Trinajstić information content (AvgIpc) is 3.17. The molecule has 4 N–H and O–H groups in total. The standard InChI is InChI=1S/C26H30F3N5O2/c1-4-11-31-17-7-5-6-8-18(17)32-19-12-15(9-10-16(19)24(30)36)34-20-13-25(2,3)14-21(35)22(20)23(33-34)26(27,28)29/h1,9-10,12,17-18,31-32H,5-8,11,13-14H2,2-3H3,(H2,30,36). The molecule has 0 spiro atoms. The number of nitrogens with two attached hydrogens (primary N) is 1. The molecule has 1 amide bonds. The van der Waals surface area contributed by atoms with Crippen LogP contribution in [0.2, 0.25) is 0 Å². The van der Waals surface area contributed by atoms with Gasteiger partial charge in [-0.15, -0.1) is 6.42 Å². The summed E-state index contributed by atoms with van der Waals surface area (Å²) in [6.07, 6.45) is 4.61. The molecule has 1 aromatic heterocycles. The third-order valence-electron chi connectivity index (χ3n) is 6.90. The smallest absolute Gasteiger partial charge is 0.380 e. The molecule has 1 heterocycles. The van der Waals surface area contributed by atoms with Gasteiger partial charge in [0, 0.05) is 24.2 Å². The molecule has 0 radical (unpaired) electrons. The lowest BCUT2D eigenvalue weighted by Crippen LogP contribution is -2.46. The van der Waals surface area contributed by atoms with Crippen molar-refractivity contribution in [2.75, 3.05) is 11.9 Å². The Morgan fingerprint density at radius 3 is 2.58 bits per heavy atom. The van der Waals surface area contributed by atoms with E-state index in [9.17, 15) is 22.8 Å². The molecule has 2 aliphatic rings. The van der Waals surface area contributed by atoms with E-state index in [4.69, 9.17) is 12.2 Å². The van der Waals surface area contributed by atoms with Gasteiger partial charge >= 0.3 is 6.18 Å². The molecular formula is C26H30F3N5O2. The van der Waals surface area contributed by atoms with Crippen molar-refractivity contribution in [3.8, 4) is 18.0 Å². The highest BCUT2D eigenvalue weighted by Gasteiger charge is 2.45. The van der Waals surface area contributed by atoms with Crippen molar-refractivity contribution in [2.45, 2.75) is 70.6 Å². The van der Waals surface area contributed by atoms with E-state index in [2.05, 4.69) is 21.7 Å². The van der Waals surface area contributed by atoms with Gasteiger partial charge in [-0.25, -0.2) is 4.68 Å². The summed E-state index contributed by atoms with van der Waals surface area (Å²) in [6.45, 7) is 4.08. The number of benzene rings is 1. The molecule has 1 fully saturated rings. The van der Waals surface area contributed by atoms with E-state index in [0.29, 0.717) is 17.9 Å². The quantitative estimate of drug-likeness (QED) is 0.518. The first-order valence-corrected chi connectivity index (χ1v) is 12.0. The minimum absolute atomic E-state index is 0.00984. The summed E-state index contributed by atoms with van der Waals surface area (Å²) in [4.78, 5) is 24.9. The zero-order chi connectivity index (χ0) is 26.3. The molecule has 0 saturated heterocycles. The molecule has 192 valence electrons. The fourth-order valence-corrected chi connectivity index (χ4v) is 5.30. The molecule has 2 aromatic rings. The van der Waals surface area contributed by atoms with Gasteiger partial charge in [0.25, 0.3) is 5.91 Å². The number of nitrogens with zero attached hydrogens (tertiary/aromatic N) is 2. The van der Waals surface area contributed by atoms with Crippen molar-refractivity contribution in [2.24, 2.45) is 11.1 Å². The second-order valence-electron chi connectivity index (χ2n) is 10.3. The number of hydrogen-bond donors (Lipinski definition) is 3. The number of amides is 1. The Morgan fingerprint density at radius 1 is 1.25 bits per heavy atom. The van der Waals surface area contributed by atoms with Crippen LogP contribution in [0.15, 0.2) is 18.2 Å². The van der Waals surface area contributed by atoms with Crippen LogP contribution in [0, 0.1) is 17.8 Å². The summed E-state index contributed by atoms with van der Waals surface area (Å²) in [6, 6.07) is 4.56. The summed E-state index contributed by atoms with van der Waals surface area (Å²) < 4.78 is 42.7. The zero-order valence-corrected chi connectivity index (χ0v) is 20.3. The number of carbonyl (C=O) groups excluding carboxylic acids is 2. The number of halogens is 3. The maximum atomic E-state index is 13.9. The summed E-state index contributed by atoms with van der Waals surface area (Å²) >= 11 is 0. The molecule has 2 aliphatic carbocycles. The number of aromatic nitrogens is 2. The maximum Gasteiger partial charge on any atom is 0.435 e. The molecule has 1 saturated carbocycles. The topological polar surface area (TPSA) is 102 Å². The Bertz CT molecular complexity index is 1230. The minimum Gasteiger partial charge on any atom is -0.380 e. The number of rotatable bonds is 6. The molecule has 2 atom stereocenters. The highest BCUT2D eigenvalue weighted by atomic mass is 19.4. The number of alkyl halides is 3. The fourth-order valence-electron chi connectivity index (χ4n) is 5.30. The highest BCUT2D eigenvalue weighted by Crippen LogP contribution is 2.42. The van der Waals surface area contributed by atoms with Crippen LogP contribution in [0.4, 0.5) is 18.9 Å². The highest BCUT2D eigenvalue weighted by molar-refractivity contribution is 6.00. The minimum atomic E-state index is -4.78. The Hall–Kier alpha value is -3.32. The van der Waals surface area contributed by atoms with E-state index in [0.717, 1.165) is 25.7 Å². The first-order valence-electron chi connectivity index (χ1n) is 12.0. The van der Waals surface area contributed by atoms with E-state index < -0.39 is 29.0 Å². The molecule has 10 heteroatoms. The first kappa shape index (κ1) is 25.8. The number of ketones is 1. The molecule has 1 aromatic carbocycles. The predicted molar refractivity (Wildman–Crippen MR) is 130 cm³/mol. The van der Waals surface area contributed by atoms with E-state index >= 15 is 0 Å². The number of hydrogen-bond acceptors (Lipinski definition) is 5. The van der Waals surface area contributed by atoms with Crippen molar-refractivity contribution in [3.05, 3.63) is 40.7 Å². The summed E-state index contributed by atoms with van der Waals surface area (Å²) in [5, 5.41) is 10.6. The summed E-state index contributed by atoms with van der Waals surface area (Å²) in [7, 11) is 0. The molecule has 36 heavy (non-hydrogen) atoms. The van der Waals surface area contributed by atoms with Crippen LogP contribution in [0.25, 0.3) is 5.69 Å². The van der Waals surface area contributed by atoms with E-state index in [1.54, 1.807) is 6.07 Å². The predicted octanol–water partition coefficient (Wildman–Crippen LogP) is 4.09. The van der Waals surface area contributed by atoms with Crippen molar-refractivity contribution in [3.63, 3.8) is 0 Å². The number of nitrogens with one attached hydrogen (secondary N) is 2. The molecule has 2 unspecified atom stereocenters. The van der Waals surface area contributed by atoms with Crippen LogP contribution in [-0.2, 0) is 12.6 Å². The number of fused-ring (bicyclic) bond motifs is 1. The molecule has 4 rings (SSSR count). The number of terminal acetylenes is 1. The number of carbonyl (C=O) groups is 2. The second-order valence-corrected chi connectivity index (χ2v) is 10.3. The van der Waals surface area contributed by atoms with Crippen LogP contribution in [-0.4, -0.2) is 40.1 Å². The van der Waals surface area contributed by atoms with Crippen LogP contribution in [0.3, 0.4) is 0 Å². The largest absolute Gasteiger partial charge is 0.435 e. The van der Waals surface area contributed by atoms with E-state index in [1.165, 1.54) is 16.8 Å². The van der Waals surface area contributed by atoms with Gasteiger partial charge in [-0.1, -0.05) is 32.6 Å². The maximum absolute atomic E-state index is 13.9. The molecule has 7 nitrogen and oxygen atoms in total. The summed E-state index contributed by atoms with van der Waals surface area (Å²) in [5.74, 6) is 1.33. The van der Waals surface area contributed by atoms with Gasteiger partial charge in [-0.3, -0.25) is 9.59 Å². The summed E-state index contributed by atoms with van der Waals surface area (Å²) in [5.41, 5.74) is 4.68. The van der Waals surface area contributed by atoms with Crippen molar-refractivity contribution < 1.29 is 22.8 Å². The molecular weight excluding hydrogens is 471 g/mol. The molecule has 0 aliphatic heterocycles. The molecule has 0 bridgehead atoms. The average molecular weight is 502 g/mol. The zero-order valence-electron chi connectivity index (χ0n) is 20.3. The van der Waals surface area contributed by atoms with Gasteiger partial charge in [0.05, 0.1) is 29.1 Å². The third kappa shape index (κ3) is 5.12. The second kappa shape index (κ2) is 9.62. The number of anilines is 1. The number of Topliss-reactive ketones (excluding diaryl/α,β-unsaturated/α-hetero) is 1. The Labute approximate surface area is 208 Å². The van der Waals surface area contributed by atoms with Gasteiger partial charge in [0.15, 0.2) is 11.5 Å². The van der Waals surface area contributed by atoms with Gasteiger partial charge in [0.1, 0.15) is 0 Å². The van der Waals surface area contributed by atoms with Gasteiger partial charge < -0.3 is 16.4 Å². The van der Waals surface area contributed by atoms with Crippen LogP contribution in [0.1, 0.15) is 78.1 Å². The monoisotopic (exact) mass is 501 g/mol. The van der Waals surface area contributed by atoms with Crippen molar-refractivity contribution >= 4 is 17.4 Å². The Balaban J connectivity index is 1.79. The lowest BCUT2D eigenvalue weighted by atomic mass is 9.75. The van der Waals surface area contributed by atoms with Crippen molar-refractivity contribution in [1.29, 1.82) is 0 Å². The fraction of sp³-hybridized carbons (Fsp3) is 0.500. The van der Waals surface area contributed by atoms with Crippen molar-refractivity contribution in [1.82, 2.24) is 15.1 Å². The normalized spacial score (nSPS) is 21.5.